The zero-order valence-electron chi connectivity index (χ0n) is 20.2. The fourth-order valence-corrected chi connectivity index (χ4v) is 5.09. The number of amides is 2. The maximum Gasteiger partial charge on any atom is 0.317 e. The molecule has 2 aliphatic rings. The standard InChI is InChI=1S/C27H34FN5O2/c1-20-18-32(24-7-8-25(28)23(15-24)16-29)13-14-33(20)27(35)30-17-26(34)22-9-11-31(12-10-22)19-21-5-3-2-4-6-21/h2-8,15,20,22,26,34H,9-14,17-19H2,1H3,(H,30,35)/t20-,26+/m1/s1. The van der Waals surface area contributed by atoms with Gasteiger partial charge in [-0.1, -0.05) is 30.3 Å². The molecular weight excluding hydrogens is 445 g/mol. The average molecular weight is 480 g/mol. The molecule has 0 bridgehead atoms. The number of hydrogen-bond acceptors (Lipinski definition) is 5. The second kappa shape index (κ2) is 11.5. The fraction of sp³-hybridized carbons (Fsp3) is 0.481. The van der Waals surface area contributed by atoms with Crippen molar-refractivity contribution in [3.05, 3.63) is 65.5 Å². The summed E-state index contributed by atoms with van der Waals surface area (Å²) in [6, 6.07) is 16.6. The van der Waals surface area contributed by atoms with E-state index in [0.29, 0.717) is 19.6 Å². The SMILES string of the molecule is C[C@@H]1CN(c2ccc(F)c(C#N)c2)CCN1C(=O)NC[C@H](O)C1CCN(Cc2ccccc2)CC1. The number of halogens is 1. The summed E-state index contributed by atoms with van der Waals surface area (Å²) in [6.07, 6.45) is 1.28. The Morgan fingerprint density at radius 3 is 2.60 bits per heavy atom. The summed E-state index contributed by atoms with van der Waals surface area (Å²) in [5.41, 5.74) is 2.11. The lowest BCUT2D eigenvalue weighted by Crippen LogP contribution is -2.57. The van der Waals surface area contributed by atoms with E-state index in [1.807, 2.05) is 19.1 Å². The van der Waals surface area contributed by atoms with E-state index in [1.165, 1.54) is 11.6 Å². The molecule has 0 spiro atoms. The predicted octanol–water partition coefficient (Wildman–Crippen LogP) is 3.19. The number of rotatable bonds is 6. The van der Waals surface area contributed by atoms with E-state index in [2.05, 4.69) is 39.4 Å². The highest BCUT2D eigenvalue weighted by atomic mass is 19.1. The van der Waals surface area contributed by atoms with Gasteiger partial charge in [0, 0.05) is 44.5 Å². The molecule has 2 saturated heterocycles. The predicted molar refractivity (Wildman–Crippen MR) is 133 cm³/mol. The lowest BCUT2D eigenvalue weighted by molar-refractivity contribution is 0.0570. The number of hydrogen-bond donors (Lipinski definition) is 2. The number of benzene rings is 2. The summed E-state index contributed by atoms with van der Waals surface area (Å²) in [5.74, 6) is -0.341. The molecule has 0 saturated carbocycles. The molecule has 2 N–H and O–H groups in total. The Kier molecular flexibility index (Phi) is 8.21. The van der Waals surface area contributed by atoms with Gasteiger partial charge in [0.05, 0.1) is 11.7 Å². The van der Waals surface area contributed by atoms with Crippen molar-refractivity contribution >= 4 is 11.7 Å². The van der Waals surface area contributed by atoms with Crippen molar-refractivity contribution in [1.29, 1.82) is 5.26 Å². The van der Waals surface area contributed by atoms with E-state index >= 15 is 0 Å². The van der Waals surface area contributed by atoms with Crippen molar-refractivity contribution < 1.29 is 14.3 Å². The first-order valence-corrected chi connectivity index (χ1v) is 12.4. The smallest absolute Gasteiger partial charge is 0.317 e. The largest absolute Gasteiger partial charge is 0.391 e. The minimum absolute atomic E-state index is 0.0233. The van der Waals surface area contributed by atoms with Crippen LogP contribution in [0.5, 0.6) is 0 Å². The molecule has 35 heavy (non-hydrogen) atoms. The van der Waals surface area contributed by atoms with Crippen molar-refractivity contribution in [2.24, 2.45) is 5.92 Å². The maximum atomic E-state index is 13.6. The zero-order chi connectivity index (χ0) is 24.8. The number of nitriles is 1. The maximum absolute atomic E-state index is 13.6. The average Bonchev–Trinajstić information content (AvgIpc) is 2.88. The number of likely N-dealkylation sites (tertiary alicyclic amines) is 1. The van der Waals surface area contributed by atoms with E-state index < -0.39 is 11.9 Å². The van der Waals surface area contributed by atoms with Crippen molar-refractivity contribution in [1.82, 2.24) is 15.1 Å². The summed E-state index contributed by atoms with van der Waals surface area (Å²) in [6.45, 7) is 6.74. The highest BCUT2D eigenvalue weighted by molar-refractivity contribution is 5.75. The Morgan fingerprint density at radius 1 is 1.17 bits per heavy atom. The number of carbonyl (C=O) groups excluding carboxylic acids is 1. The van der Waals surface area contributed by atoms with E-state index in [0.717, 1.165) is 38.2 Å². The third-order valence-electron chi connectivity index (χ3n) is 7.21. The van der Waals surface area contributed by atoms with Crippen LogP contribution < -0.4 is 10.2 Å². The molecule has 2 aromatic carbocycles. The molecule has 2 aliphatic heterocycles. The van der Waals surface area contributed by atoms with Gasteiger partial charge in [0.15, 0.2) is 0 Å². The van der Waals surface area contributed by atoms with Crippen LogP contribution >= 0.6 is 0 Å². The molecule has 2 fully saturated rings. The molecule has 0 aromatic heterocycles. The third-order valence-corrected chi connectivity index (χ3v) is 7.21. The zero-order valence-corrected chi connectivity index (χ0v) is 20.2. The minimum atomic E-state index is -0.557. The summed E-state index contributed by atoms with van der Waals surface area (Å²) in [4.78, 5) is 19.1. The normalized spacial score (nSPS) is 20.3. The van der Waals surface area contributed by atoms with Crippen molar-refractivity contribution in [3.8, 4) is 6.07 Å². The number of nitrogens with one attached hydrogen (secondary N) is 1. The fourth-order valence-electron chi connectivity index (χ4n) is 5.09. The molecule has 4 rings (SSSR count). The second-order valence-corrected chi connectivity index (χ2v) is 9.62. The van der Waals surface area contributed by atoms with Crippen LogP contribution in [-0.4, -0.2) is 72.4 Å². The number of piperazine rings is 1. The van der Waals surface area contributed by atoms with Gasteiger partial charge in [0.2, 0.25) is 0 Å². The summed E-state index contributed by atoms with van der Waals surface area (Å²) in [5, 5.41) is 22.7. The molecule has 2 amide bonds. The van der Waals surface area contributed by atoms with Gasteiger partial charge in [0.1, 0.15) is 11.9 Å². The molecule has 186 valence electrons. The molecule has 2 atom stereocenters. The number of carbonyl (C=O) groups is 1. The second-order valence-electron chi connectivity index (χ2n) is 9.62. The van der Waals surface area contributed by atoms with Gasteiger partial charge in [-0.2, -0.15) is 5.26 Å². The molecule has 2 heterocycles. The van der Waals surface area contributed by atoms with Crippen LogP contribution in [0.1, 0.15) is 30.9 Å². The molecule has 2 aromatic rings. The van der Waals surface area contributed by atoms with Crippen molar-refractivity contribution in [3.63, 3.8) is 0 Å². The van der Waals surface area contributed by atoms with Gasteiger partial charge in [0.25, 0.3) is 0 Å². The molecule has 7 nitrogen and oxygen atoms in total. The lowest BCUT2D eigenvalue weighted by Gasteiger charge is -2.41. The Morgan fingerprint density at radius 2 is 1.91 bits per heavy atom. The quantitative estimate of drug-likeness (QED) is 0.665. The summed E-state index contributed by atoms with van der Waals surface area (Å²) in [7, 11) is 0. The van der Waals surface area contributed by atoms with Gasteiger partial charge in [-0.05, 0) is 62.5 Å². The van der Waals surface area contributed by atoms with E-state index in [9.17, 15) is 14.3 Å². The number of aliphatic hydroxyl groups is 1. The van der Waals surface area contributed by atoms with Gasteiger partial charge in [-0.15, -0.1) is 0 Å². The Hall–Kier alpha value is -3.15. The van der Waals surface area contributed by atoms with Gasteiger partial charge in [-0.3, -0.25) is 4.90 Å². The monoisotopic (exact) mass is 479 g/mol. The van der Waals surface area contributed by atoms with Gasteiger partial charge >= 0.3 is 6.03 Å². The van der Waals surface area contributed by atoms with Crippen LogP contribution in [0.2, 0.25) is 0 Å². The number of anilines is 1. The number of aliphatic hydroxyl groups excluding tert-OH is 1. The Bertz CT molecular complexity index is 1040. The summed E-state index contributed by atoms with van der Waals surface area (Å²) >= 11 is 0. The number of urea groups is 1. The molecule has 0 unspecified atom stereocenters. The molecule has 0 radical (unpaired) electrons. The topological polar surface area (TPSA) is 82.8 Å². The molecule has 8 heteroatoms. The minimum Gasteiger partial charge on any atom is -0.391 e. The van der Waals surface area contributed by atoms with Crippen LogP contribution in [0, 0.1) is 23.1 Å². The van der Waals surface area contributed by atoms with Crippen LogP contribution in [0.3, 0.4) is 0 Å². The van der Waals surface area contributed by atoms with Crippen molar-refractivity contribution in [2.45, 2.75) is 38.5 Å². The first-order chi connectivity index (χ1) is 16.9. The van der Waals surface area contributed by atoms with Gasteiger partial charge < -0.3 is 20.2 Å². The van der Waals surface area contributed by atoms with Crippen LogP contribution in [0.4, 0.5) is 14.9 Å². The van der Waals surface area contributed by atoms with E-state index in [4.69, 9.17) is 5.26 Å². The molecule has 0 aliphatic carbocycles. The number of nitrogens with zero attached hydrogens (tertiary/aromatic N) is 4. The van der Waals surface area contributed by atoms with E-state index in [1.54, 1.807) is 17.0 Å². The summed E-state index contributed by atoms with van der Waals surface area (Å²) < 4.78 is 13.6. The number of piperidine rings is 1. The first-order valence-electron chi connectivity index (χ1n) is 12.4. The Balaban J connectivity index is 1.21. The lowest BCUT2D eigenvalue weighted by atomic mass is 9.91. The first kappa shape index (κ1) is 25.0. The van der Waals surface area contributed by atoms with Crippen LogP contribution in [0.25, 0.3) is 0 Å². The third kappa shape index (κ3) is 6.30. The highest BCUT2D eigenvalue weighted by Crippen LogP contribution is 2.23. The van der Waals surface area contributed by atoms with Crippen LogP contribution in [-0.2, 0) is 6.54 Å². The van der Waals surface area contributed by atoms with E-state index in [-0.39, 0.29) is 30.1 Å². The van der Waals surface area contributed by atoms with Crippen LogP contribution in [0.15, 0.2) is 48.5 Å². The van der Waals surface area contributed by atoms with Gasteiger partial charge in [-0.25, -0.2) is 9.18 Å². The molecular formula is C27H34FN5O2. The highest BCUT2D eigenvalue weighted by Gasteiger charge is 2.30. The van der Waals surface area contributed by atoms with Crippen molar-refractivity contribution in [2.75, 3.05) is 44.2 Å². The Labute approximate surface area is 206 Å².